The quantitative estimate of drug-likeness (QED) is 0.732. The molecular formula is C20H32O3. The Labute approximate surface area is 140 Å². The fraction of sp³-hybridized carbons (Fsp3) is 0.850. The van der Waals surface area contributed by atoms with Crippen molar-refractivity contribution in [3.63, 3.8) is 0 Å². The van der Waals surface area contributed by atoms with Crippen molar-refractivity contribution in [1.82, 2.24) is 0 Å². The number of allylic oxidation sites excluding steroid dienone is 1. The molecule has 2 fully saturated rings. The lowest BCUT2D eigenvalue weighted by Gasteiger charge is -2.61. The average molecular weight is 320 g/mol. The van der Waals surface area contributed by atoms with Gasteiger partial charge in [0.2, 0.25) is 0 Å². The maximum absolute atomic E-state index is 11.3. The average Bonchev–Trinajstić information content (AvgIpc) is 2.74. The number of ether oxygens (including phenoxy) is 1. The van der Waals surface area contributed by atoms with Crippen molar-refractivity contribution in [3.05, 3.63) is 11.6 Å². The van der Waals surface area contributed by atoms with E-state index in [1.165, 1.54) is 24.8 Å². The highest BCUT2D eigenvalue weighted by molar-refractivity contribution is 5.68. The molecule has 1 saturated heterocycles. The van der Waals surface area contributed by atoms with Crippen molar-refractivity contribution >= 4 is 5.97 Å². The van der Waals surface area contributed by atoms with Gasteiger partial charge in [-0.05, 0) is 62.9 Å². The van der Waals surface area contributed by atoms with Gasteiger partial charge in [0.25, 0.3) is 0 Å². The van der Waals surface area contributed by atoms with E-state index < -0.39 is 11.6 Å². The maximum Gasteiger partial charge on any atom is 0.306 e. The van der Waals surface area contributed by atoms with Crippen LogP contribution in [0.1, 0.15) is 79.6 Å². The molecule has 0 aromatic heterocycles. The van der Waals surface area contributed by atoms with Crippen LogP contribution >= 0.6 is 0 Å². The molecule has 3 rings (SSSR count). The smallest absolute Gasteiger partial charge is 0.306 e. The Morgan fingerprint density at radius 3 is 2.57 bits per heavy atom. The van der Waals surface area contributed by atoms with Gasteiger partial charge in [0.05, 0.1) is 17.6 Å². The summed E-state index contributed by atoms with van der Waals surface area (Å²) in [5.74, 6) is -0.146. The first kappa shape index (κ1) is 17.0. The molecule has 1 aliphatic heterocycles. The molecule has 1 heterocycles. The summed E-state index contributed by atoms with van der Waals surface area (Å²) in [5.41, 5.74) is 0.976. The van der Waals surface area contributed by atoms with Crippen LogP contribution in [0.15, 0.2) is 11.6 Å². The number of fused-ring (bicyclic) bond motifs is 2. The van der Waals surface area contributed by atoms with Crippen LogP contribution in [0.2, 0.25) is 0 Å². The van der Waals surface area contributed by atoms with Crippen molar-refractivity contribution in [1.29, 1.82) is 0 Å². The van der Waals surface area contributed by atoms with Gasteiger partial charge < -0.3 is 9.84 Å². The van der Waals surface area contributed by atoms with Crippen molar-refractivity contribution in [3.8, 4) is 0 Å². The first-order valence-corrected chi connectivity index (χ1v) is 9.14. The first-order valence-electron chi connectivity index (χ1n) is 9.14. The van der Waals surface area contributed by atoms with Crippen molar-refractivity contribution in [2.24, 2.45) is 16.7 Å². The molecule has 1 N–H and O–H groups in total. The molecule has 1 saturated carbocycles. The minimum absolute atomic E-state index is 0.103. The molecule has 3 heteroatoms. The summed E-state index contributed by atoms with van der Waals surface area (Å²) in [4.78, 5) is 11.3. The molecule has 3 aliphatic rings. The predicted octanol–water partition coefficient (Wildman–Crippen LogP) is 4.95. The van der Waals surface area contributed by atoms with Crippen LogP contribution in [0.3, 0.4) is 0 Å². The zero-order valence-electron chi connectivity index (χ0n) is 15.4. The number of carboxylic acid groups (broad SMARTS) is 1. The van der Waals surface area contributed by atoms with Crippen molar-refractivity contribution in [2.75, 3.05) is 0 Å². The van der Waals surface area contributed by atoms with Gasteiger partial charge >= 0.3 is 5.97 Å². The van der Waals surface area contributed by atoms with Gasteiger partial charge in [0, 0.05) is 5.41 Å². The van der Waals surface area contributed by atoms with Gasteiger partial charge in [-0.15, -0.1) is 0 Å². The van der Waals surface area contributed by atoms with Crippen LogP contribution in [0.5, 0.6) is 0 Å². The Morgan fingerprint density at radius 1 is 1.22 bits per heavy atom. The van der Waals surface area contributed by atoms with Crippen LogP contribution in [0.25, 0.3) is 0 Å². The predicted molar refractivity (Wildman–Crippen MR) is 91.3 cm³/mol. The lowest BCUT2D eigenvalue weighted by Crippen LogP contribution is -2.59. The standard InChI is InChI=1S/C20H32O3/c1-14-7-8-15-17(2,3)9-6-10-19(15,5)20(14)12-11-18(4,23-20)13-16(21)22/h7,15H,6,8-13H2,1-5H3,(H,21,22)/t15-,18+,19-,20+/m0/s1. The van der Waals surface area contributed by atoms with Gasteiger partial charge in [-0.25, -0.2) is 0 Å². The Bertz CT molecular complexity index is 549. The minimum Gasteiger partial charge on any atom is -0.481 e. The first-order chi connectivity index (χ1) is 10.5. The largest absolute Gasteiger partial charge is 0.481 e. The number of carbonyl (C=O) groups is 1. The summed E-state index contributed by atoms with van der Waals surface area (Å²) in [6.07, 6.45) is 9.13. The van der Waals surface area contributed by atoms with E-state index in [4.69, 9.17) is 4.74 Å². The topological polar surface area (TPSA) is 46.5 Å². The second-order valence-corrected chi connectivity index (χ2v) is 9.38. The lowest BCUT2D eigenvalue weighted by molar-refractivity contribution is -0.193. The molecule has 130 valence electrons. The molecule has 23 heavy (non-hydrogen) atoms. The van der Waals surface area contributed by atoms with Crippen LogP contribution in [-0.4, -0.2) is 22.3 Å². The van der Waals surface area contributed by atoms with E-state index in [9.17, 15) is 9.90 Å². The van der Waals surface area contributed by atoms with Crippen LogP contribution in [-0.2, 0) is 9.53 Å². The van der Waals surface area contributed by atoms with Gasteiger partial charge in [-0.3, -0.25) is 4.79 Å². The summed E-state index contributed by atoms with van der Waals surface area (Å²) in [6, 6.07) is 0. The molecule has 0 radical (unpaired) electrons. The number of hydrogen-bond acceptors (Lipinski definition) is 2. The molecule has 0 unspecified atom stereocenters. The monoisotopic (exact) mass is 320 g/mol. The van der Waals surface area contributed by atoms with E-state index >= 15 is 0 Å². The minimum atomic E-state index is -0.757. The fourth-order valence-corrected chi connectivity index (χ4v) is 6.18. The molecular weight excluding hydrogens is 288 g/mol. The third-order valence-electron chi connectivity index (χ3n) is 7.40. The van der Waals surface area contributed by atoms with Gasteiger partial charge in [-0.2, -0.15) is 0 Å². The van der Waals surface area contributed by atoms with Crippen LogP contribution in [0, 0.1) is 16.7 Å². The summed E-state index contributed by atoms with van der Waals surface area (Å²) < 4.78 is 6.72. The molecule has 2 aliphatic carbocycles. The Balaban J connectivity index is 2.02. The van der Waals surface area contributed by atoms with Crippen molar-refractivity contribution < 1.29 is 14.6 Å². The molecule has 4 atom stereocenters. The van der Waals surface area contributed by atoms with E-state index in [0.717, 1.165) is 19.3 Å². The number of carboxylic acids is 1. The zero-order chi connectivity index (χ0) is 17.1. The van der Waals surface area contributed by atoms with Gasteiger partial charge in [-0.1, -0.05) is 33.3 Å². The van der Waals surface area contributed by atoms with Crippen molar-refractivity contribution in [2.45, 2.75) is 90.8 Å². The summed E-state index contributed by atoms with van der Waals surface area (Å²) in [6.45, 7) is 11.4. The molecule has 0 bridgehead atoms. The van der Waals surface area contributed by atoms with E-state index in [-0.39, 0.29) is 17.4 Å². The maximum atomic E-state index is 11.3. The normalized spacial score (nSPS) is 45.6. The summed E-state index contributed by atoms with van der Waals surface area (Å²) in [7, 11) is 0. The molecule has 0 aromatic rings. The van der Waals surface area contributed by atoms with E-state index in [0.29, 0.717) is 11.3 Å². The highest BCUT2D eigenvalue weighted by Gasteiger charge is 2.64. The third kappa shape index (κ3) is 2.38. The molecule has 0 amide bonds. The number of aliphatic carboxylic acids is 1. The molecule has 0 aromatic carbocycles. The number of rotatable bonds is 2. The van der Waals surface area contributed by atoms with Crippen LogP contribution in [0.4, 0.5) is 0 Å². The Morgan fingerprint density at radius 2 is 1.91 bits per heavy atom. The molecule has 1 spiro atoms. The number of hydrogen-bond donors (Lipinski definition) is 1. The van der Waals surface area contributed by atoms with E-state index in [1.54, 1.807) is 0 Å². The summed E-state index contributed by atoms with van der Waals surface area (Å²) in [5, 5.41) is 9.28. The second-order valence-electron chi connectivity index (χ2n) is 9.38. The van der Waals surface area contributed by atoms with Crippen LogP contribution < -0.4 is 0 Å². The Kier molecular flexibility index (Phi) is 3.76. The third-order valence-corrected chi connectivity index (χ3v) is 7.40. The zero-order valence-corrected chi connectivity index (χ0v) is 15.4. The Hall–Kier alpha value is -0.830. The van der Waals surface area contributed by atoms with Gasteiger partial charge in [0.1, 0.15) is 0 Å². The second kappa shape index (κ2) is 5.08. The highest BCUT2D eigenvalue weighted by atomic mass is 16.5. The SMILES string of the molecule is CC1=CC[C@H]2C(C)(C)CCC[C@]2(C)[C@@]12CC[C@](C)(CC(=O)O)O2. The molecule has 3 nitrogen and oxygen atoms in total. The van der Waals surface area contributed by atoms with Gasteiger partial charge in [0.15, 0.2) is 0 Å². The van der Waals surface area contributed by atoms with E-state index in [2.05, 4.69) is 33.8 Å². The summed E-state index contributed by atoms with van der Waals surface area (Å²) >= 11 is 0. The highest BCUT2D eigenvalue weighted by Crippen LogP contribution is 2.66. The lowest BCUT2D eigenvalue weighted by atomic mass is 9.46. The fourth-order valence-electron chi connectivity index (χ4n) is 6.18. The van der Waals surface area contributed by atoms with E-state index in [1.807, 2.05) is 6.92 Å².